The summed E-state index contributed by atoms with van der Waals surface area (Å²) in [5.41, 5.74) is 0. The first-order chi connectivity index (χ1) is 6.89. The van der Waals surface area contributed by atoms with Crippen molar-refractivity contribution in [3.63, 3.8) is 0 Å². The second-order valence-corrected chi connectivity index (χ2v) is 4.73. The minimum atomic E-state index is -4.44. The van der Waals surface area contributed by atoms with Crippen molar-refractivity contribution in [2.24, 2.45) is 0 Å². The summed E-state index contributed by atoms with van der Waals surface area (Å²) in [4.78, 5) is 0.649. The van der Waals surface area contributed by atoms with E-state index in [2.05, 4.69) is 0 Å². The standard InChI is InChI=1S/C7H17NO6S/c9-3-1-8(2-4-10)5-7(11)6-15(12,13)14/h7,9-11H,1-6H2,(H,12,13,14)/t7-/m0/s1. The lowest BCUT2D eigenvalue weighted by Crippen LogP contribution is -3.14. The Kier molecular flexibility index (Phi) is 6.98. The Bertz CT molecular complexity index is 248. The van der Waals surface area contributed by atoms with Gasteiger partial charge in [0.25, 0.3) is 0 Å². The van der Waals surface area contributed by atoms with Gasteiger partial charge in [-0.15, -0.1) is 0 Å². The molecular weight excluding hydrogens is 226 g/mol. The molecule has 1 atom stereocenters. The molecule has 0 aliphatic carbocycles. The van der Waals surface area contributed by atoms with Gasteiger partial charge < -0.3 is 24.8 Å². The molecule has 0 aliphatic heterocycles. The van der Waals surface area contributed by atoms with Crippen LogP contribution in [0.15, 0.2) is 0 Å². The maximum atomic E-state index is 10.3. The van der Waals surface area contributed by atoms with E-state index >= 15 is 0 Å². The van der Waals surface area contributed by atoms with Crippen molar-refractivity contribution in [3.8, 4) is 0 Å². The number of nitrogens with one attached hydrogen (secondary N) is 1. The van der Waals surface area contributed by atoms with E-state index in [9.17, 15) is 18.1 Å². The van der Waals surface area contributed by atoms with E-state index in [-0.39, 0.29) is 32.8 Å². The summed E-state index contributed by atoms with van der Waals surface area (Å²) in [5.74, 6) is -0.840. The zero-order valence-corrected chi connectivity index (χ0v) is 9.11. The third kappa shape index (κ3) is 8.73. The molecule has 15 heavy (non-hydrogen) atoms. The van der Waals surface area contributed by atoms with E-state index in [0.29, 0.717) is 4.90 Å². The van der Waals surface area contributed by atoms with Gasteiger partial charge in [0.2, 0.25) is 0 Å². The Morgan fingerprint density at radius 3 is 2.00 bits per heavy atom. The van der Waals surface area contributed by atoms with Crippen LogP contribution in [0.5, 0.6) is 0 Å². The molecule has 92 valence electrons. The Hall–Kier alpha value is -0.250. The molecule has 0 fully saturated rings. The normalized spacial score (nSPS) is 14.5. The van der Waals surface area contributed by atoms with Crippen LogP contribution in [0, 0.1) is 0 Å². The fraction of sp³-hybridized carbons (Fsp3) is 1.00. The number of hydrogen-bond donors (Lipinski definition) is 4. The highest BCUT2D eigenvalue weighted by Gasteiger charge is 2.16. The molecule has 0 saturated carbocycles. The third-order valence-electron chi connectivity index (χ3n) is 1.85. The van der Waals surface area contributed by atoms with Crippen LogP contribution in [0.3, 0.4) is 0 Å². The van der Waals surface area contributed by atoms with Gasteiger partial charge in [-0.05, 0) is 0 Å². The monoisotopic (exact) mass is 243 g/mol. The molecule has 0 amide bonds. The van der Waals surface area contributed by atoms with Crippen molar-refractivity contribution in [1.82, 2.24) is 0 Å². The summed E-state index contributed by atoms with van der Waals surface area (Å²) < 4.78 is 30.9. The van der Waals surface area contributed by atoms with Gasteiger partial charge in [0.1, 0.15) is 25.7 Å². The minimum absolute atomic E-state index is 0.0165. The second-order valence-electron chi connectivity index (χ2n) is 3.28. The van der Waals surface area contributed by atoms with Crippen molar-refractivity contribution >= 4 is 10.1 Å². The number of rotatable bonds is 8. The summed E-state index contributed by atoms with van der Waals surface area (Å²) in [6.45, 7) is 0.327. The average Bonchev–Trinajstić information content (AvgIpc) is 2.00. The number of hydrogen-bond acceptors (Lipinski definition) is 6. The molecular formula is C7H17NO6S. The quantitative estimate of drug-likeness (QED) is 0.320. The van der Waals surface area contributed by atoms with Gasteiger partial charge >= 0.3 is 0 Å². The lowest BCUT2D eigenvalue weighted by Gasteiger charge is -2.21. The Morgan fingerprint density at radius 2 is 1.67 bits per heavy atom. The summed E-state index contributed by atoms with van der Waals surface area (Å²) in [6.07, 6.45) is -1.26. The summed E-state index contributed by atoms with van der Waals surface area (Å²) >= 11 is 0. The molecule has 0 aliphatic rings. The molecule has 0 bridgehead atoms. The second kappa shape index (κ2) is 7.09. The molecule has 0 spiro atoms. The van der Waals surface area contributed by atoms with Crippen molar-refractivity contribution < 1.29 is 33.2 Å². The van der Waals surface area contributed by atoms with Crippen LogP contribution in [0.25, 0.3) is 0 Å². The molecule has 0 saturated heterocycles. The van der Waals surface area contributed by atoms with E-state index in [1.54, 1.807) is 0 Å². The van der Waals surface area contributed by atoms with E-state index in [4.69, 9.17) is 10.2 Å². The zero-order valence-electron chi connectivity index (χ0n) is 8.29. The maximum Gasteiger partial charge on any atom is 0.116 e. The zero-order chi connectivity index (χ0) is 11.9. The molecule has 8 heteroatoms. The molecule has 0 aromatic rings. The molecule has 7 nitrogen and oxygen atoms in total. The van der Waals surface area contributed by atoms with Crippen LogP contribution in [-0.2, 0) is 10.1 Å². The van der Waals surface area contributed by atoms with Crippen molar-refractivity contribution in [2.75, 3.05) is 38.6 Å². The number of quaternary nitrogens is 1. The third-order valence-corrected chi connectivity index (χ3v) is 2.64. The van der Waals surface area contributed by atoms with Gasteiger partial charge in [0.05, 0.1) is 29.1 Å². The van der Waals surface area contributed by atoms with E-state index in [0.717, 1.165) is 0 Å². The van der Waals surface area contributed by atoms with E-state index in [1.165, 1.54) is 0 Å². The summed E-state index contributed by atoms with van der Waals surface area (Å²) in [7, 11) is -4.44. The highest BCUT2D eigenvalue weighted by atomic mass is 32.2. The van der Waals surface area contributed by atoms with Crippen LogP contribution in [0.1, 0.15) is 0 Å². The topological polar surface area (TPSA) is 122 Å². The lowest BCUT2D eigenvalue weighted by molar-refractivity contribution is -0.903. The largest absolute Gasteiger partial charge is 0.748 e. The smallest absolute Gasteiger partial charge is 0.116 e. The first kappa shape index (κ1) is 14.8. The summed E-state index contributed by atoms with van der Waals surface area (Å²) in [5, 5.41) is 26.5. The van der Waals surface area contributed by atoms with E-state index < -0.39 is 22.0 Å². The summed E-state index contributed by atoms with van der Waals surface area (Å²) in [6, 6.07) is 0. The average molecular weight is 243 g/mol. The van der Waals surface area contributed by atoms with Crippen LogP contribution >= 0.6 is 0 Å². The highest BCUT2D eigenvalue weighted by Crippen LogP contribution is 1.86. The fourth-order valence-electron chi connectivity index (χ4n) is 1.27. The Morgan fingerprint density at radius 1 is 1.20 bits per heavy atom. The Labute approximate surface area is 88.7 Å². The minimum Gasteiger partial charge on any atom is -0.748 e. The highest BCUT2D eigenvalue weighted by molar-refractivity contribution is 7.85. The van der Waals surface area contributed by atoms with E-state index in [1.807, 2.05) is 0 Å². The predicted octanol–water partition coefficient (Wildman–Crippen LogP) is -4.24. The van der Waals surface area contributed by atoms with Crippen LogP contribution in [0.2, 0.25) is 0 Å². The van der Waals surface area contributed by atoms with Gasteiger partial charge in [-0.2, -0.15) is 0 Å². The van der Waals surface area contributed by atoms with Crippen LogP contribution < -0.4 is 4.90 Å². The Balaban J connectivity index is 4.04. The van der Waals surface area contributed by atoms with Crippen LogP contribution in [0.4, 0.5) is 0 Å². The van der Waals surface area contributed by atoms with Crippen molar-refractivity contribution in [1.29, 1.82) is 0 Å². The molecule has 4 N–H and O–H groups in total. The van der Waals surface area contributed by atoms with Gasteiger partial charge in [-0.25, -0.2) is 8.42 Å². The lowest BCUT2D eigenvalue weighted by atomic mass is 10.3. The molecule has 0 aromatic carbocycles. The first-order valence-corrected chi connectivity index (χ1v) is 6.13. The van der Waals surface area contributed by atoms with Crippen molar-refractivity contribution in [2.45, 2.75) is 6.10 Å². The molecule has 0 radical (unpaired) electrons. The number of aliphatic hydroxyl groups excluding tert-OH is 3. The molecule has 0 heterocycles. The van der Waals surface area contributed by atoms with Gasteiger partial charge in [0, 0.05) is 0 Å². The molecule has 0 unspecified atom stereocenters. The van der Waals surface area contributed by atoms with Gasteiger partial charge in [0.15, 0.2) is 0 Å². The van der Waals surface area contributed by atoms with Gasteiger partial charge in [-0.3, -0.25) is 0 Å². The fourth-order valence-corrected chi connectivity index (χ4v) is 1.86. The predicted molar refractivity (Wildman–Crippen MR) is 50.3 cm³/mol. The SMILES string of the molecule is O=S(=O)([O-])C[C@@H](O)C[NH+](CCO)CCO. The molecule has 0 aromatic heterocycles. The van der Waals surface area contributed by atoms with Crippen molar-refractivity contribution in [3.05, 3.63) is 0 Å². The first-order valence-electron chi connectivity index (χ1n) is 4.56. The van der Waals surface area contributed by atoms with Gasteiger partial charge in [-0.1, -0.05) is 0 Å². The van der Waals surface area contributed by atoms with Crippen LogP contribution in [-0.4, -0.2) is 73.0 Å². The maximum absolute atomic E-state index is 10.3. The molecule has 0 rings (SSSR count). The number of aliphatic hydroxyl groups is 3.